The van der Waals surface area contributed by atoms with E-state index in [1.54, 1.807) is 30.9 Å². The highest BCUT2D eigenvalue weighted by molar-refractivity contribution is 6.00. The molecule has 6 aromatic rings. The monoisotopic (exact) mass is 491 g/mol. The quantitative estimate of drug-likeness (QED) is 0.260. The van der Waals surface area contributed by atoms with Crippen molar-refractivity contribution in [1.82, 2.24) is 30.1 Å². The minimum Gasteiger partial charge on any atom is -0.352 e. The summed E-state index contributed by atoms with van der Waals surface area (Å²) in [4.78, 5) is 28.9. The molecule has 0 aliphatic rings. The number of aromatic nitrogens is 6. The summed E-state index contributed by atoms with van der Waals surface area (Å²) in [5.74, 6) is -0.350. The molecule has 0 fully saturated rings. The van der Waals surface area contributed by atoms with Gasteiger partial charge in [-0.2, -0.15) is 5.10 Å². The molecule has 1 aromatic carbocycles. The zero-order valence-electron chi connectivity index (χ0n) is 19.9. The average Bonchev–Trinajstić information content (AvgIpc) is 3.52. The molecule has 1 amide bonds. The molecular weight excluding hydrogens is 469 g/mol. The van der Waals surface area contributed by atoms with E-state index in [9.17, 15) is 9.18 Å². The van der Waals surface area contributed by atoms with Crippen molar-refractivity contribution < 1.29 is 9.18 Å². The number of halogens is 1. The van der Waals surface area contributed by atoms with Gasteiger partial charge in [0.15, 0.2) is 0 Å². The molecule has 5 heterocycles. The van der Waals surface area contributed by atoms with E-state index < -0.39 is 0 Å². The second-order valence-corrected chi connectivity index (χ2v) is 8.77. The van der Waals surface area contributed by atoms with Gasteiger partial charge in [0.05, 0.1) is 40.5 Å². The number of nitrogens with zero attached hydrogens (tertiary/aromatic N) is 4. The Bertz CT molecular complexity index is 1770. The Balaban J connectivity index is 1.40. The summed E-state index contributed by atoms with van der Waals surface area (Å²) in [6.07, 6.45) is 8.02. The van der Waals surface area contributed by atoms with Gasteiger partial charge in [-0.3, -0.25) is 19.9 Å². The van der Waals surface area contributed by atoms with Gasteiger partial charge in [0.2, 0.25) is 5.91 Å². The maximum Gasteiger partial charge on any atom is 0.224 e. The van der Waals surface area contributed by atoms with Gasteiger partial charge >= 0.3 is 0 Å². The minimum absolute atomic E-state index is 0.0482. The predicted octanol–water partition coefficient (Wildman–Crippen LogP) is 6.11. The Labute approximate surface area is 211 Å². The highest BCUT2D eigenvalue weighted by Crippen LogP contribution is 2.34. The molecule has 0 unspecified atom stereocenters. The van der Waals surface area contributed by atoms with E-state index in [0.29, 0.717) is 29.0 Å². The fourth-order valence-electron chi connectivity index (χ4n) is 4.41. The number of H-pyrrole nitrogens is 2. The van der Waals surface area contributed by atoms with E-state index >= 15 is 0 Å². The largest absolute Gasteiger partial charge is 0.352 e. The van der Waals surface area contributed by atoms with E-state index in [1.165, 1.54) is 12.1 Å². The molecule has 0 bridgehead atoms. The first-order valence-electron chi connectivity index (χ1n) is 11.9. The third-order valence-corrected chi connectivity index (χ3v) is 6.14. The summed E-state index contributed by atoms with van der Waals surface area (Å²) in [5, 5.41) is 11.3. The predicted molar refractivity (Wildman–Crippen MR) is 141 cm³/mol. The van der Waals surface area contributed by atoms with Gasteiger partial charge in [0.25, 0.3) is 0 Å². The van der Waals surface area contributed by atoms with Gasteiger partial charge in [-0.25, -0.2) is 9.37 Å². The van der Waals surface area contributed by atoms with Gasteiger partial charge in [-0.15, -0.1) is 0 Å². The zero-order valence-corrected chi connectivity index (χ0v) is 19.9. The molecule has 9 heteroatoms. The molecule has 8 nitrogen and oxygen atoms in total. The summed E-state index contributed by atoms with van der Waals surface area (Å²) in [6.45, 7) is 1.96. The first-order valence-corrected chi connectivity index (χ1v) is 11.9. The van der Waals surface area contributed by atoms with Crippen LogP contribution in [0.25, 0.3) is 55.7 Å². The molecule has 182 valence electrons. The molecule has 5 aromatic heterocycles. The summed E-state index contributed by atoms with van der Waals surface area (Å²) in [7, 11) is 0. The second-order valence-electron chi connectivity index (χ2n) is 8.77. The van der Waals surface area contributed by atoms with Crippen LogP contribution in [0.4, 0.5) is 10.1 Å². The lowest BCUT2D eigenvalue weighted by Crippen LogP contribution is -2.10. The third kappa shape index (κ3) is 4.31. The van der Waals surface area contributed by atoms with E-state index in [4.69, 9.17) is 4.98 Å². The molecule has 0 saturated carbocycles. The first kappa shape index (κ1) is 22.5. The Kier molecular flexibility index (Phi) is 5.65. The van der Waals surface area contributed by atoms with Crippen LogP contribution in [0.5, 0.6) is 0 Å². The van der Waals surface area contributed by atoms with E-state index in [2.05, 4.69) is 30.5 Å². The van der Waals surface area contributed by atoms with E-state index in [-0.39, 0.29) is 11.7 Å². The van der Waals surface area contributed by atoms with Crippen molar-refractivity contribution in [2.24, 2.45) is 0 Å². The number of carbonyl (C=O) groups excluding carboxylic acids is 1. The number of hydrogen-bond acceptors (Lipinski definition) is 5. The fourth-order valence-corrected chi connectivity index (χ4v) is 4.41. The van der Waals surface area contributed by atoms with Crippen molar-refractivity contribution in [1.29, 1.82) is 0 Å². The maximum absolute atomic E-state index is 13.9. The smallest absolute Gasteiger partial charge is 0.224 e. The Morgan fingerprint density at radius 2 is 1.86 bits per heavy atom. The summed E-state index contributed by atoms with van der Waals surface area (Å²) in [6, 6.07) is 14.1. The standard InChI is InChI=1S/C28H22FN7O/c1-2-4-26(37)32-19-10-17(12-30-13-19)22-7-8-23-27(34-22)28(36-35-23)24-11-20-21(14-31-15-25(20)33-24)16-5-3-6-18(29)9-16/h3,5-15,33H,2,4H2,1H3,(H,32,37)(H,35,36). The number of aromatic amines is 2. The Morgan fingerprint density at radius 3 is 2.73 bits per heavy atom. The van der Waals surface area contributed by atoms with Crippen LogP contribution in [0.3, 0.4) is 0 Å². The molecule has 0 aliphatic heterocycles. The normalized spacial score (nSPS) is 11.3. The summed E-state index contributed by atoms with van der Waals surface area (Å²) in [5.41, 5.74) is 7.35. The van der Waals surface area contributed by atoms with Crippen molar-refractivity contribution in [2.45, 2.75) is 19.8 Å². The van der Waals surface area contributed by atoms with Crippen LogP contribution in [-0.2, 0) is 4.79 Å². The SMILES string of the molecule is CCCC(=O)Nc1cncc(-c2ccc3[nH]nc(-c4cc5c(-c6cccc(F)c6)cncc5[nH]4)c3n2)c1. The average molecular weight is 492 g/mol. The lowest BCUT2D eigenvalue weighted by molar-refractivity contribution is -0.116. The van der Waals surface area contributed by atoms with Crippen molar-refractivity contribution >= 4 is 33.5 Å². The molecule has 0 spiro atoms. The van der Waals surface area contributed by atoms with Crippen molar-refractivity contribution in [2.75, 3.05) is 5.32 Å². The number of anilines is 1. The van der Waals surface area contributed by atoms with Crippen molar-refractivity contribution in [3.63, 3.8) is 0 Å². The van der Waals surface area contributed by atoms with Crippen LogP contribution in [0.2, 0.25) is 0 Å². The molecule has 0 radical (unpaired) electrons. The molecule has 37 heavy (non-hydrogen) atoms. The molecule has 3 N–H and O–H groups in total. The fraction of sp³-hybridized carbons (Fsp3) is 0.107. The van der Waals surface area contributed by atoms with Crippen LogP contribution in [-0.4, -0.2) is 36.0 Å². The summed E-state index contributed by atoms with van der Waals surface area (Å²) < 4.78 is 13.9. The topological polar surface area (TPSA) is 112 Å². The lowest BCUT2D eigenvalue weighted by Gasteiger charge is -2.06. The van der Waals surface area contributed by atoms with Crippen molar-refractivity contribution in [3.8, 4) is 33.8 Å². The van der Waals surface area contributed by atoms with E-state index in [0.717, 1.165) is 45.2 Å². The van der Waals surface area contributed by atoms with Gasteiger partial charge in [-0.1, -0.05) is 19.1 Å². The second kappa shape index (κ2) is 9.27. The molecular formula is C28H22FN7O. The van der Waals surface area contributed by atoms with Gasteiger partial charge in [0.1, 0.15) is 17.0 Å². The van der Waals surface area contributed by atoms with Crippen LogP contribution in [0.1, 0.15) is 19.8 Å². The number of fused-ring (bicyclic) bond motifs is 2. The highest BCUT2D eigenvalue weighted by Gasteiger charge is 2.16. The highest BCUT2D eigenvalue weighted by atomic mass is 19.1. The number of hydrogen-bond donors (Lipinski definition) is 3. The zero-order chi connectivity index (χ0) is 25.4. The Morgan fingerprint density at radius 1 is 0.973 bits per heavy atom. The van der Waals surface area contributed by atoms with E-state index in [1.807, 2.05) is 37.3 Å². The number of benzene rings is 1. The van der Waals surface area contributed by atoms with Crippen LogP contribution in [0, 0.1) is 5.82 Å². The van der Waals surface area contributed by atoms with Crippen LogP contribution >= 0.6 is 0 Å². The van der Waals surface area contributed by atoms with Crippen LogP contribution in [0.15, 0.2) is 73.3 Å². The molecule has 0 saturated heterocycles. The number of pyridine rings is 3. The minimum atomic E-state index is -0.302. The maximum atomic E-state index is 13.9. The Hall–Kier alpha value is -4.92. The van der Waals surface area contributed by atoms with Crippen molar-refractivity contribution in [3.05, 3.63) is 79.1 Å². The molecule has 0 atom stereocenters. The molecule has 0 aliphatic carbocycles. The third-order valence-electron chi connectivity index (χ3n) is 6.14. The number of nitrogens with one attached hydrogen (secondary N) is 3. The van der Waals surface area contributed by atoms with Crippen LogP contribution < -0.4 is 5.32 Å². The number of amides is 1. The van der Waals surface area contributed by atoms with Gasteiger partial charge < -0.3 is 10.3 Å². The van der Waals surface area contributed by atoms with Gasteiger partial charge in [-0.05, 0) is 48.4 Å². The first-order chi connectivity index (χ1) is 18.1. The number of carbonyl (C=O) groups is 1. The number of rotatable bonds is 6. The lowest BCUT2D eigenvalue weighted by atomic mass is 10.0. The summed E-state index contributed by atoms with van der Waals surface area (Å²) >= 11 is 0. The van der Waals surface area contributed by atoms with Gasteiger partial charge in [0, 0.05) is 35.3 Å². The molecule has 6 rings (SSSR count).